The van der Waals surface area contributed by atoms with Gasteiger partial charge in [0.15, 0.2) is 5.82 Å². The maximum absolute atomic E-state index is 6.07. The van der Waals surface area contributed by atoms with Gasteiger partial charge in [-0.3, -0.25) is 4.57 Å². The molecule has 3 rings (SSSR count). The van der Waals surface area contributed by atoms with Crippen molar-refractivity contribution in [3.8, 4) is 5.82 Å². The van der Waals surface area contributed by atoms with Crippen molar-refractivity contribution >= 4 is 28.3 Å². The van der Waals surface area contributed by atoms with Gasteiger partial charge in [-0.2, -0.15) is 4.98 Å². The van der Waals surface area contributed by atoms with Crippen molar-refractivity contribution in [2.45, 2.75) is 20.8 Å². The number of nitrogens with two attached hydrogens (primary N) is 1. The van der Waals surface area contributed by atoms with E-state index < -0.39 is 0 Å². The number of hydrogen-bond acceptors (Lipinski definition) is 4. The van der Waals surface area contributed by atoms with Crippen LogP contribution in [0.2, 0.25) is 5.28 Å². The average Bonchev–Trinajstić information content (AvgIpc) is 2.77. The monoisotopic (exact) mass is 287 g/mol. The lowest BCUT2D eigenvalue weighted by Crippen LogP contribution is -2.06. The number of rotatable bonds is 1. The molecule has 2 N–H and O–H groups in total. The fourth-order valence-corrected chi connectivity index (χ4v) is 2.36. The molecule has 0 bridgehead atoms. The molecule has 0 aliphatic carbocycles. The first-order chi connectivity index (χ1) is 9.47. The fourth-order valence-electron chi connectivity index (χ4n) is 2.15. The zero-order valence-corrected chi connectivity index (χ0v) is 12.2. The minimum absolute atomic E-state index is 0.178. The van der Waals surface area contributed by atoms with Gasteiger partial charge in [-0.1, -0.05) is 0 Å². The van der Waals surface area contributed by atoms with Crippen LogP contribution in [0, 0.1) is 20.8 Å². The second kappa shape index (κ2) is 4.45. The number of benzene rings is 1. The van der Waals surface area contributed by atoms with Gasteiger partial charge in [0.1, 0.15) is 6.33 Å². The van der Waals surface area contributed by atoms with Crippen LogP contribution in [0.3, 0.4) is 0 Å². The summed E-state index contributed by atoms with van der Waals surface area (Å²) in [4.78, 5) is 12.7. The van der Waals surface area contributed by atoms with Crippen molar-refractivity contribution < 1.29 is 0 Å². The Kier molecular flexibility index (Phi) is 2.87. The molecule has 0 unspecified atom stereocenters. The Morgan fingerprint density at radius 2 is 1.80 bits per heavy atom. The van der Waals surface area contributed by atoms with Gasteiger partial charge >= 0.3 is 0 Å². The first-order valence-corrected chi connectivity index (χ1v) is 6.59. The number of nitrogen functional groups attached to an aromatic ring is 1. The highest BCUT2D eigenvalue weighted by molar-refractivity contribution is 6.28. The number of fused-ring (bicyclic) bond motifs is 1. The van der Waals surface area contributed by atoms with Crippen LogP contribution >= 0.6 is 11.6 Å². The number of anilines is 1. The van der Waals surface area contributed by atoms with Crippen LogP contribution in [0.1, 0.15) is 16.8 Å². The van der Waals surface area contributed by atoms with Crippen LogP contribution < -0.4 is 5.73 Å². The van der Waals surface area contributed by atoms with E-state index in [2.05, 4.69) is 34.9 Å². The van der Waals surface area contributed by atoms with Crippen molar-refractivity contribution in [2.24, 2.45) is 0 Å². The van der Waals surface area contributed by atoms with Crippen LogP contribution in [0.4, 0.5) is 5.69 Å². The van der Waals surface area contributed by atoms with Gasteiger partial charge in [-0.15, -0.1) is 0 Å². The highest BCUT2D eigenvalue weighted by Gasteiger charge is 2.13. The normalized spacial score (nSPS) is 11.2. The molecule has 0 aliphatic rings. The molecule has 3 aromatic rings. The first-order valence-electron chi connectivity index (χ1n) is 6.21. The van der Waals surface area contributed by atoms with E-state index in [1.807, 2.05) is 10.6 Å². The molecule has 0 saturated carbocycles. The standard InChI is InChI=1S/C14H14ClN5/c1-7-4-10-11(5-8(7)2)20(6-17-10)13-12(16)9(3)18-14(15)19-13/h4-6H,16H2,1-3H3. The number of aromatic nitrogens is 4. The molecule has 0 fully saturated rings. The quantitative estimate of drug-likeness (QED) is 0.699. The van der Waals surface area contributed by atoms with E-state index in [1.54, 1.807) is 13.3 Å². The van der Waals surface area contributed by atoms with Gasteiger partial charge in [-0.25, -0.2) is 9.97 Å². The molecule has 2 aromatic heterocycles. The summed E-state index contributed by atoms with van der Waals surface area (Å²) in [5.74, 6) is 0.563. The lowest BCUT2D eigenvalue weighted by Gasteiger charge is -2.09. The summed E-state index contributed by atoms with van der Waals surface area (Å²) >= 11 is 5.94. The summed E-state index contributed by atoms with van der Waals surface area (Å²) in [6, 6.07) is 4.12. The predicted octanol–water partition coefficient (Wildman–Crippen LogP) is 2.98. The van der Waals surface area contributed by atoms with E-state index in [9.17, 15) is 0 Å². The number of aryl methyl sites for hydroxylation is 3. The van der Waals surface area contributed by atoms with Gasteiger partial charge in [0.2, 0.25) is 5.28 Å². The van der Waals surface area contributed by atoms with E-state index in [0.717, 1.165) is 11.0 Å². The summed E-state index contributed by atoms with van der Waals surface area (Å²) in [6.45, 7) is 5.93. The van der Waals surface area contributed by atoms with Crippen LogP contribution in [0.5, 0.6) is 0 Å². The smallest absolute Gasteiger partial charge is 0.224 e. The molecule has 0 aliphatic heterocycles. The molecular formula is C14H14ClN5. The van der Waals surface area contributed by atoms with Gasteiger partial charge in [0, 0.05) is 0 Å². The topological polar surface area (TPSA) is 69.6 Å². The average molecular weight is 288 g/mol. The summed E-state index contributed by atoms with van der Waals surface area (Å²) in [5, 5.41) is 0.178. The van der Waals surface area contributed by atoms with E-state index >= 15 is 0 Å². The first kappa shape index (κ1) is 12.9. The van der Waals surface area contributed by atoms with E-state index in [1.165, 1.54) is 11.1 Å². The number of imidazole rings is 1. The van der Waals surface area contributed by atoms with E-state index in [-0.39, 0.29) is 5.28 Å². The minimum Gasteiger partial charge on any atom is -0.394 e. The third-order valence-electron chi connectivity index (χ3n) is 3.48. The highest BCUT2D eigenvalue weighted by Crippen LogP contribution is 2.25. The summed E-state index contributed by atoms with van der Waals surface area (Å²) < 4.78 is 1.84. The molecule has 1 aromatic carbocycles. The zero-order chi connectivity index (χ0) is 14.4. The number of halogens is 1. The summed E-state index contributed by atoms with van der Waals surface area (Å²) in [6.07, 6.45) is 1.71. The largest absolute Gasteiger partial charge is 0.394 e. The Morgan fingerprint density at radius 3 is 2.55 bits per heavy atom. The van der Waals surface area contributed by atoms with Crippen molar-refractivity contribution in [2.75, 3.05) is 5.73 Å². The predicted molar refractivity (Wildman–Crippen MR) is 80.3 cm³/mol. The van der Waals surface area contributed by atoms with Crippen molar-refractivity contribution in [1.82, 2.24) is 19.5 Å². The summed E-state index contributed by atoms with van der Waals surface area (Å²) in [5.41, 5.74) is 11.5. The number of nitrogens with zero attached hydrogens (tertiary/aromatic N) is 4. The van der Waals surface area contributed by atoms with E-state index in [0.29, 0.717) is 17.2 Å². The lowest BCUT2D eigenvalue weighted by molar-refractivity contribution is 0.983. The second-order valence-electron chi connectivity index (χ2n) is 4.86. The molecule has 5 nitrogen and oxygen atoms in total. The molecule has 0 saturated heterocycles. The third kappa shape index (κ3) is 1.91. The molecule has 102 valence electrons. The lowest BCUT2D eigenvalue weighted by atomic mass is 10.1. The minimum atomic E-state index is 0.178. The molecule has 6 heteroatoms. The van der Waals surface area contributed by atoms with Gasteiger partial charge < -0.3 is 5.73 Å². The van der Waals surface area contributed by atoms with E-state index in [4.69, 9.17) is 17.3 Å². The van der Waals surface area contributed by atoms with Crippen LogP contribution in [-0.4, -0.2) is 19.5 Å². The van der Waals surface area contributed by atoms with Gasteiger partial charge in [-0.05, 0) is 55.6 Å². The maximum atomic E-state index is 6.07. The maximum Gasteiger partial charge on any atom is 0.224 e. The Hall–Kier alpha value is -2.14. The number of hydrogen-bond donors (Lipinski definition) is 1. The Morgan fingerprint density at radius 1 is 1.10 bits per heavy atom. The highest BCUT2D eigenvalue weighted by atomic mass is 35.5. The van der Waals surface area contributed by atoms with Crippen molar-refractivity contribution in [1.29, 1.82) is 0 Å². The van der Waals surface area contributed by atoms with Gasteiger partial charge in [0.05, 0.1) is 22.4 Å². The fraction of sp³-hybridized carbons (Fsp3) is 0.214. The second-order valence-corrected chi connectivity index (χ2v) is 5.19. The Balaban J connectivity index is 2.33. The van der Waals surface area contributed by atoms with Crippen LogP contribution in [-0.2, 0) is 0 Å². The molecule has 2 heterocycles. The zero-order valence-electron chi connectivity index (χ0n) is 11.5. The SMILES string of the molecule is Cc1cc2ncn(-c3nc(Cl)nc(C)c3N)c2cc1C. The van der Waals surface area contributed by atoms with Crippen LogP contribution in [0.25, 0.3) is 16.9 Å². The Bertz CT molecular complexity index is 822. The summed E-state index contributed by atoms with van der Waals surface area (Å²) in [7, 11) is 0. The molecule has 0 spiro atoms. The third-order valence-corrected chi connectivity index (χ3v) is 3.65. The molecule has 0 amide bonds. The molecule has 0 radical (unpaired) electrons. The van der Waals surface area contributed by atoms with Crippen molar-refractivity contribution in [3.05, 3.63) is 40.6 Å². The van der Waals surface area contributed by atoms with Crippen molar-refractivity contribution in [3.63, 3.8) is 0 Å². The molecular weight excluding hydrogens is 274 g/mol. The Labute approximate surface area is 121 Å². The molecule has 0 atom stereocenters. The molecule has 20 heavy (non-hydrogen) atoms. The van der Waals surface area contributed by atoms with Gasteiger partial charge in [0.25, 0.3) is 0 Å². The van der Waals surface area contributed by atoms with Crippen LogP contribution in [0.15, 0.2) is 18.5 Å².